The maximum atomic E-state index is 9.81. The molecular formula is C4H7LiO3. The van der Waals surface area contributed by atoms with E-state index >= 15 is 0 Å². The van der Waals surface area contributed by atoms with Gasteiger partial charge in [0.15, 0.2) is 0 Å². The van der Waals surface area contributed by atoms with E-state index in [1.807, 2.05) is 0 Å². The molecule has 3 nitrogen and oxygen atoms in total. The average molecular weight is 110 g/mol. The van der Waals surface area contributed by atoms with E-state index in [4.69, 9.17) is 0 Å². The van der Waals surface area contributed by atoms with Crippen LogP contribution in [0.15, 0.2) is 0 Å². The van der Waals surface area contributed by atoms with Gasteiger partial charge in [-0.15, -0.1) is 0 Å². The van der Waals surface area contributed by atoms with Crippen molar-refractivity contribution in [3.63, 3.8) is 0 Å². The zero-order chi connectivity index (χ0) is 5.86. The van der Waals surface area contributed by atoms with Crippen LogP contribution in [0.5, 0.6) is 0 Å². The summed E-state index contributed by atoms with van der Waals surface area (Å²) < 4.78 is 3.97. The van der Waals surface area contributed by atoms with Gasteiger partial charge in [0.2, 0.25) is 0 Å². The third-order valence-electron chi connectivity index (χ3n) is 0.287. The van der Waals surface area contributed by atoms with Gasteiger partial charge in [0, 0.05) is 13.8 Å². The number of carbonyl (C=O) groups excluding carboxylic acids is 2. The fourth-order valence-corrected chi connectivity index (χ4v) is 0.202. The monoisotopic (exact) mass is 110 g/mol. The summed E-state index contributed by atoms with van der Waals surface area (Å²) in [6, 6.07) is 0. The normalized spacial score (nSPS) is 6.75. The van der Waals surface area contributed by atoms with Crippen molar-refractivity contribution in [3.8, 4) is 0 Å². The number of hydrogen-bond acceptors (Lipinski definition) is 3. The summed E-state index contributed by atoms with van der Waals surface area (Å²) >= 11 is 0. The number of carbonyl (C=O) groups is 2. The van der Waals surface area contributed by atoms with Gasteiger partial charge in [-0.05, 0) is 0 Å². The maximum absolute atomic E-state index is 9.81. The first-order valence-corrected chi connectivity index (χ1v) is 1.82. The Bertz CT molecular complexity index is 92.0. The molecular weight excluding hydrogens is 103 g/mol. The molecule has 0 radical (unpaired) electrons. The molecule has 0 bridgehead atoms. The summed E-state index contributed by atoms with van der Waals surface area (Å²) in [4.78, 5) is 19.6. The van der Waals surface area contributed by atoms with Crippen molar-refractivity contribution in [3.05, 3.63) is 0 Å². The van der Waals surface area contributed by atoms with Gasteiger partial charge in [0.05, 0.1) is 0 Å². The van der Waals surface area contributed by atoms with Gasteiger partial charge in [-0.3, -0.25) is 9.59 Å². The first-order chi connectivity index (χ1) is 3.13. The Morgan fingerprint density at radius 2 is 1.50 bits per heavy atom. The van der Waals surface area contributed by atoms with Crippen LogP contribution in [-0.4, -0.2) is 11.9 Å². The van der Waals surface area contributed by atoms with Crippen LogP contribution in [0.4, 0.5) is 0 Å². The van der Waals surface area contributed by atoms with Crippen molar-refractivity contribution in [2.75, 3.05) is 0 Å². The number of esters is 2. The average Bonchev–Trinajstić information content (AvgIpc) is 1.27. The van der Waals surface area contributed by atoms with Crippen molar-refractivity contribution in [1.82, 2.24) is 0 Å². The van der Waals surface area contributed by atoms with E-state index in [2.05, 4.69) is 4.74 Å². The Morgan fingerprint density at radius 1 is 1.25 bits per heavy atom. The van der Waals surface area contributed by atoms with E-state index in [1.165, 1.54) is 13.8 Å². The summed E-state index contributed by atoms with van der Waals surface area (Å²) in [5, 5.41) is 0. The number of ether oxygens (including phenoxy) is 1. The minimum atomic E-state index is -0.562. The molecule has 0 unspecified atom stereocenters. The van der Waals surface area contributed by atoms with Crippen LogP contribution in [0.3, 0.4) is 0 Å². The van der Waals surface area contributed by atoms with Crippen molar-refractivity contribution in [2.45, 2.75) is 13.8 Å². The third-order valence-corrected chi connectivity index (χ3v) is 0.287. The first-order valence-electron chi connectivity index (χ1n) is 1.82. The maximum Gasteiger partial charge on any atom is 1.00 e. The fourth-order valence-electron chi connectivity index (χ4n) is 0.202. The molecule has 0 saturated heterocycles. The van der Waals surface area contributed by atoms with E-state index < -0.39 is 11.9 Å². The molecule has 0 aliphatic heterocycles. The quantitative estimate of drug-likeness (QED) is 0.192. The molecule has 0 aliphatic carbocycles. The molecule has 0 saturated carbocycles. The molecule has 0 heterocycles. The minimum absolute atomic E-state index is 0. The smallest absolute Gasteiger partial charge is 1.00 e. The van der Waals surface area contributed by atoms with Gasteiger partial charge in [-0.1, -0.05) is 0 Å². The zero-order valence-electron chi connectivity index (χ0n) is 6.22. The third kappa shape index (κ3) is 9.22. The topological polar surface area (TPSA) is 43.4 Å². The van der Waals surface area contributed by atoms with Crippen LogP contribution in [0.1, 0.15) is 15.3 Å². The summed E-state index contributed by atoms with van der Waals surface area (Å²) in [7, 11) is 0. The van der Waals surface area contributed by atoms with E-state index in [0.717, 1.165) is 0 Å². The van der Waals surface area contributed by atoms with Crippen LogP contribution in [0.25, 0.3) is 0 Å². The Labute approximate surface area is 61.1 Å². The predicted molar refractivity (Wildman–Crippen MR) is 23.6 cm³/mol. The zero-order valence-corrected chi connectivity index (χ0v) is 5.22. The van der Waals surface area contributed by atoms with E-state index in [1.54, 1.807) is 0 Å². The van der Waals surface area contributed by atoms with E-state index in [9.17, 15) is 9.59 Å². The van der Waals surface area contributed by atoms with Crippen molar-refractivity contribution < 1.29 is 34.6 Å². The second-order valence-corrected chi connectivity index (χ2v) is 1.09. The Kier molecular flexibility index (Phi) is 6.52. The van der Waals surface area contributed by atoms with Crippen molar-refractivity contribution in [2.24, 2.45) is 0 Å². The fraction of sp³-hybridized carbons (Fsp3) is 0.500. The predicted octanol–water partition coefficient (Wildman–Crippen LogP) is -2.79. The number of rotatable bonds is 0. The van der Waals surface area contributed by atoms with Crippen molar-refractivity contribution in [1.29, 1.82) is 0 Å². The Balaban J connectivity index is -0.000000180. The first kappa shape index (κ1) is 10.7. The van der Waals surface area contributed by atoms with Crippen LogP contribution in [0, 0.1) is 0 Å². The molecule has 0 aromatic heterocycles. The van der Waals surface area contributed by atoms with Crippen LogP contribution < -0.4 is 18.9 Å². The second kappa shape index (κ2) is 4.89. The molecule has 42 valence electrons. The molecule has 0 rings (SSSR count). The van der Waals surface area contributed by atoms with Gasteiger partial charge >= 0.3 is 30.8 Å². The Morgan fingerprint density at radius 3 is 1.50 bits per heavy atom. The molecule has 0 amide bonds. The summed E-state index contributed by atoms with van der Waals surface area (Å²) in [6.45, 7) is 2.36. The molecule has 0 fully saturated rings. The minimum Gasteiger partial charge on any atom is -1.00 e. The molecule has 8 heavy (non-hydrogen) atoms. The van der Waals surface area contributed by atoms with Gasteiger partial charge in [0.1, 0.15) is 0 Å². The van der Waals surface area contributed by atoms with Gasteiger partial charge in [-0.25, -0.2) is 0 Å². The largest absolute Gasteiger partial charge is 1.00 e. The van der Waals surface area contributed by atoms with Gasteiger partial charge in [-0.2, -0.15) is 0 Å². The summed E-state index contributed by atoms with van der Waals surface area (Å²) in [5.41, 5.74) is 0. The second-order valence-electron chi connectivity index (χ2n) is 1.09. The summed E-state index contributed by atoms with van der Waals surface area (Å²) in [6.07, 6.45) is 0. The van der Waals surface area contributed by atoms with Crippen molar-refractivity contribution >= 4 is 11.9 Å². The molecule has 0 aromatic rings. The van der Waals surface area contributed by atoms with E-state index in [-0.39, 0.29) is 20.3 Å². The van der Waals surface area contributed by atoms with Gasteiger partial charge < -0.3 is 6.16 Å². The number of hydrogen-bond donors (Lipinski definition) is 0. The van der Waals surface area contributed by atoms with Crippen LogP contribution >= 0.6 is 0 Å². The molecule has 0 aromatic carbocycles. The molecule has 0 N–H and O–H groups in total. The Hall–Kier alpha value is -0.263. The van der Waals surface area contributed by atoms with E-state index in [0.29, 0.717) is 0 Å². The standard InChI is InChI=1S/C4H6O3.Li.H/c1-3(5)7-4(2)6;;/h1-2H3;;/q;+1;-1. The van der Waals surface area contributed by atoms with Crippen LogP contribution in [-0.2, 0) is 14.3 Å². The molecule has 0 atom stereocenters. The molecule has 0 aliphatic rings. The SMILES string of the molecule is CC(=O)OC(C)=O.[H-].[Li+]. The molecule has 0 spiro atoms. The summed E-state index contributed by atoms with van der Waals surface area (Å²) in [5.74, 6) is -1.12. The molecule has 4 heteroatoms. The van der Waals surface area contributed by atoms with Gasteiger partial charge in [0.25, 0.3) is 0 Å². The van der Waals surface area contributed by atoms with Crippen LogP contribution in [0.2, 0.25) is 0 Å².